The summed E-state index contributed by atoms with van der Waals surface area (Å²) in [5.41, 5.74) is 2.36. The molecular formula is C18H27N3O. The number of nitrogens with one attached hydrogen (secondary N) is 2. The van der Waals surface area contributed by atoms with E-state index in [1.807, 2.05) is 13.0 Å². The summed E-state index contributed by atoms with van der Waals surface area (Å²) in [5.74, 6) is 1.85. The van der Waals surface area contributed by atoms with E-state index in [1.54, 1.807) is 0 Å². The molecule has 1 aromatic carbocycles. The minimum Gasteiger partial charge on any atom is -0.494 e. The van der Waals surface area contributed by atoms with Crippen molar-refractivity contribution in [1.82, 2.24) is 10.6 Å². The third-order valence-electron chi connectivity index (χ3n) is 3.65. The molecule has 0 amide bonds. The molecule has 4 nitrogen and oxygen atoms in total. The lowest BCUT2D eigenvalue weighted by Crippen LogP contribution is -2.42. The van der Waals surface area contributed by atoms with E-state index in [4.69, 9.17) is 4.74 Å². The van der Waals surface area contributed by atoms with Crippen LogP contribution in [0.5, 0.6) is 5.75 Å². The largest absolute Gasteiger partial charge is 0.494 e. The first-order valence-corrected chi connectivity index (χ1v) is 8.15. The zero-order valence-electron chi connectivity index (χ0n) is 13.9. The Hall–Kier alpha value is -1.97. The molecule has 0 fully saturated rings. The first kappa shape index (κ1) is 16.4. The Balaban J connectivity index is 1.98. The van der Waals surface area contributed by atoms with Crippen LogP contribution in [0.4, 0.5) is 0 Å². The maximum Gasteiger partial charge on any atom is 0.191 e. The molecule has 0 aromatic heterocycles. The molecular weight excluding hydrogens is 274 g/mol. The standard InChI is InChI=1S/C18H27N3O/c1-4-19-18(21-16-8-6-7-9-16)20-13-15-10-11-17(22-5-2)14(3)12-15/h6-7,10-12,16H,4-5,8-9,13H2,1-3H3,(H2,19,20,21). The van der Waals surface area contributed by atoms with Crippen molar-refractivity contribution in [2.24, 2.45) is 4.99 Å². The molecule has 0 atom stereocenters. The lowest BCUT2D eigenvalue weighted by atomic mass is 10.1. The summed E-state index contributed by atoms with van der Waals surface area (Å²) in [4.78, 5) is 4.69. The van der Waals surface area contributed by atoms with Crippen LogP contribution in [0.2, 0.25) is 0 Å². The second-order valence-corrected chi connectivity index (χ2v) is 5.51. The summed E-state index contributed by atoms with van der Waals surface area (Å²) in [6.45, 7) is 8.40. The van der Waals surface area contributed by atoms with E-state index in [0.29, 0.717) is 19.2 Å². The fourth-order valence-electron chi connectivity index (χ4n) is 2.55. The van der Waals surface area contributed by atoms with Gasteiger partial charge in [0.1, 0.15) is 5.75 Å². The molecule has 22 heavy (non-hydrogen) atoms. The Morgan fingerprint density at radius 3 is 2.68 bits per heavy atom. The van der Waals surface area contributed by atoms with E-state index < -0.39 is 0 Å². The lowest BCUT2D eigenvalue weighted by molar-refractivity contribution is 0.338. The third-order valence-corrected chi connectivity index (χ3v) is 3.65. The fourth-order valence-corrected chi connectivity index (χ4v) is 2.55. The fraction of sp³-hybridized carbons (Fsp3) is 0.500. The van der Waals surface area contributed by atoms with Gasteiger partial charge in [-0.2, -0.15) is 0 Å². The van der Waals surface area contributed by atoms with Crippen LogP contribution >= 0.6 is 0 Å². The van der Waals surface area contributed by atoms with Crippen molar-refractivity contribution >= 4 is 5.96 Å². The van der Waals surface area contributed by atoms with Crippen molar-refractivity contribution in [3.8, 4) is 5.75 Å². The first-order chi connectivity index (χ1) is 10.7. The van der Waals surface area contributed by atoms with Crippen molar-refractivity contribution in [2.45, 2.75) is 46.2 Å². The van der Waals surface area contributed by atoms with Crippen molar-refractivity contribution in [2.75, 3.05) is 13.2 Å². The molecule has 0 heterocycles. The van der Waals surface area contributed by atoms with Gasteiger partial charge in [-0.3, -0.25) is 0 Å². The topological polar surface area (TPSA) is 45.7 Å². The number of hydrogen-bond acceptors (Lipinski definition) is 2. The second-order valence-electron chi connectivity index (χ2n) is 5.51. The van der Waals surface area contributed by atoms with Gasteiger partial charge in [0.2, 0.25) is 0 Å². The Morgan fingerprint density at radius 2 is 2.05 bits per heavy atom. The van der Waals surface area contributed by atoms with E-state index in [-0.39, 0.29) is 0 Å². The number of aliphatic imine (C=N–C) groups is 1. The van der Waals surface area contributed by atoms with Gasteiger partial charge in [0, 0.05) is 12.6 Å². The summed E-state index contributed by atoms with van der Waals surface area (Å²) < 4.78 is 5.58. The van der Waals surface area contributed by atoms with Gasteiger partial charge < -0.3 is 15.4 Å². The van der Waals surface area contributed by atoms with Gasteiger partial charge >= 0.3 is 0 Å². The molecule has 4 heteroatoms. The van der Waals surface area contributed by atoms with Gasteiger partial charge in [0.25, 0.3) is 0 Å². The summed E-state index contributed by atoms with van der Waals surface area (Å²) in [7, 11) is 0. The highest BCUT2D eigenvalue weighted by atomic mass is 16.5. The molecule has 0 unspecified atom stereocenters. The Morgan fingerprint density at radius 1 is 1.27 bits per heavy atom. The molecule has 0 aliphatic heterocycles. The van der Waals surface area contributed by atoms with Crippen LogP contribution < -0.4 is 15.4 Å². The van der Waals surface area contributed by atoms with E-state index >= 15 is 0 Å². The van der Waals surface area contributed by atoms with Crippen LogP contribution in [-0.2, 0) is 6.54 Å². The second kappa shape index (κ2) is 8.47. The average molecular weight is 301 g/mol. The summed E-state index contributed by atoms with van der Waals surface area (Å²) in [6.07, 6.45) is 6.59. The minimum absolute atomic E-state index is 0.472. The predicted octanol–water partition coefficient (Wildman–Crippen LogP) is 3.17. The molecule has 0 saturated heterocycles. The molecule has 2 N–H and O–H groups in total. The first-order valence-electron chi connectivity index (χ1n) is 8.15. The highest BCUT2D eigenvalue weighted by Crippen LogP contribution is 2.19. The normalized spacial score (nSPS) is 15.1. The van der Waals surface area contributed by atoms with E-state index in [1.165, 1.54) is 5.56 Å². The van der Waals surface area contributed by atoms with Crippen molar-refractivity contribution in [3.63, 3.8) is 0 Å². The molecule has 120 valence electrons. The van der Waals surface area contributed by atoms with Gasteiger partial charge in [-0.15, -0.1) is 0 Å². The third kappa shape index (κ3) is 4.79. The number of aryl methyl sites for hydroxylation is 1. The number of rotatable bonds is 6. The number of nitrogens with zero attached hydrogens (tertiary/aromatic N) is 1. The minimum atomic E-state index is 0.472. The maximum atomic E-state index is 5.58. The Labute approximate surface area is 133 Å². The molecule has 1 aliphatic rings. The average Bonchev–Trinajstić information content (AvgIpc) is 3.01. The summed E-state index contributed by atoms with van der Waals surface area (Å²) >= 11 is 0. The van der Waals surface area contributed by atoms with E-state index in [0.717, 1.165) is 36.7 Å². The molecule has 0 bridgehead atoms. The smallest absolute Gasteiger partial charge is 0.191 e. The van der Waals surface area contributed by atoms with Crippen molar-refractivity contribution in [1.29, 1.82) is 0 Å². The predicted molar refractivity (Wildman–Crippen MR) is 92.5 cm³/mol. The highest BCUT2D eigenvalue weighted by molar-refractivity contribution is 5.80. The van der Waals surface area contributed by atoms with Gasteiger partial charge in [0.15, 0.2) is 5.96 Å². The van der Waals surface area contributed by atoms with E-state index in [2.05, 4.69) is 53.8 Å². The SMILES string of the molecule is CCNC(=NCc1ccc(OCC)c(C)c1)NC1CC=CC1. The molecule has 1 aliphatic carbocycles. The number of ether oxygens (including phenoxy) is 1. The van der Waals surface area contributed by atoms with Gasteiger partial charge in [-0.1, -0.05) is 24.3 Å². The number of guanidine groups is 1. The Kier molecular flexibility index (Phi) is 6.31. The highest BCUT2D eigenvalue weighted by Gasteiger charge is 2.11. The quantitative estimate of drug-likeness (QED) is 0.482. The summed E-state index contributed by atoms with van der Waals surface area (Å²) in [5, 5.41) is 6.80. The van der Waals surface area contributed by atoms with Crippen molar-refractivity contribution < 1.29 is 4.74 Å². The number of benzene rings is 1. The van der Waals surface area contributed by atoms with Crippen LogP contribution in [0.1, 0.15) is 37.8 Å². The van der Waals surface area contributed by atoms with Crippen LogP contribution in [0.25, 0.3) is 0 Å². The van der Waals surface area contributed by atoms with Crippen LogP contribution in [0, 0.1) is 6.92 Å². The lowest BCUT2D eigenvalue weighted by Gasteiger charge is -2.16. The van der Waals surface area contributed by atoms with Crippen LogP contribution in [0.3, 0.4) is 0 Å². The van der Waals surface area contributed by atoms with Gasteiger partial charge in [0.05, 0.1) is 13.2 Å². The number of hydrogen-bond donors (Lipinski definition) is 2. The van der Waals surface area contributed by atoms with Gasteiger partial charge in [-0.25, -0.2) is 4.99 Å². The molecule has 0 spiro atoms. The Bertz CT molecular complexity index is 529. The van der Waals surface area contributed by atoms with Crippen LogP contribution in [0.15, 0.2) is 35.3 Å². The maximum absolute atomic E-state index is 5.58. The van der Waals surface area contributed by atoms with E-state index in [9.17, 15) is 0 Å². The zero-order chi connectivity index (χ0) is 15.8. The van der Waals surface area contributed by atoms with Gasteiger partial charge in [-0.05, 0) is 50.8 Å². The van der Waals surface area contributed by atoms with Crippen molar-refractivity contribution in [3.05, 3.63) is 41.5 Å². The molecule has 0 saturated carbocycles. The summed E-state index contributed by atoms with van der Waals surface area (Å²) in [6, 6.07) is 6.74. The monoisotopic (exact) mass is 301 g/mol. The molecule has 2 rings (SSSR count). The molecule has 1 aromatic rings. The zero-order valence-corrected chi connectivity index (χ0v) is 13.9. The molecule has 0 radical (unpaired) electrons. The van der Waals surface area contributed by atoms with Crippen LogP contribution in [-0.4, -0.2) is 25.2 Å².